The Labute approximate surface area is 108 Å². The molecule has 0 aliphatic carbocycles. The maximum absolute atomic E-state index is 4.52. The monoisotopic (exact) mass is 254 g/mol. The smallest absolute Gasteiger partial charge is 0.151 e. The molecule has 1 aromatic heterocycles. The molecule has 17 heavy (non-hydrogen) atoms. The first-order valence-corrected chi connectivity index (χ1v) is 6.14. The highest BCUT2D eigenvalue weighted by molar-refractivity contribution is 5.85. The van der Waals surface area contributed by atoms with E-state index in [-0.39, 0.29) is 12.4 Å². The lowest BCUT2D eigenvalue weighted by atomic mass is 10.0. The van der Waals surface area contributed by atoms with E-state index in [1.165, 1.54) is 12.8 Å². The van der Waals surface area contributed by atoms with E-state index in [9.17, 15) is 0 Å². The normalized spacial score (nSPS) is 27.5. The fraction of sp³-hybridized carbons (Fsp3) is 0.667. The summed E-state index contributed by atoms with van der Waals surface area (Å²) in [6.07, 6.45) is 6.07. The van der Waals surface area contributed by atoms with Crippen molar-refractivity contribution in [1.29, 1.82) is 0 Å². The van der Waals surface area contributed by atoms with Gasteiger partial charge in [-0.2, -0.15) is 0 Å². The Bertz CT molecular complexity index is 381. The van der Waals surface area contributed by atoms with Crippen LogP contribution in [0, 0.1) is 5.92 Å². The summed E-state index contributed by atoms with van der Waals surface area (Å²) in [5, 5.41) is 3.41. The minimum Gasteiger partial charge on any atom is -0.355 e. The van der Waals surface area contributed by atoms with Gasteiger partial charge in [0.05, 0.1) is 11.7 Å². The summed E-state index contributed by atoms with van der Waals surface area (Å²) in [5.74, 6) is 1.88. The summed E-state index contributed by atoms with van der Waals surface area (Å²) in [7, 11) is 0. The van der Waals surface area contributed by atoms with E-state index in [0.717, 1.165) is 37.1 Å². The van der Waals surface area contributed by atoms with Crippen molar-refractivity contribution >= 4 is 18.2 Å². The highest BCUT2D eigenvalue weighted by atomic mass is 35.5. The Kier molecular flexibility index (Phi) is 3.84. The third kappa shape index (κ3) is 2.38. The van der Waals surface area contributed by atoms with Gasteiger partial charge in [0.25, 0.3) is 0 Å². The minimum atomic E-state index is 0. The largest absolute Gasteiger partial charge is 0.355 e. The summed E-state index contributed by atoms with van der Waals surface area (Å²) < 4.78 is 0. The Hall–Kier alpha value is -0.870. The van der Waals surface area contributed by atoms with Crippen molar-refractivity contribution < 1.29 is 0 Å². The average Bonchev–Trinajstić information content (AvgIpc) is 2.63. The van der Waals surface area contributed by atoms with Crippen LogP contribution in [0.5, 0.6) is 0 Å². The maximum Gasteiger partial charge on any atom is 0.151 e. The Morgan fingerprint density at radius 1 is 1.29 bits per heavy atom. The van der Waals surface area contributed by atoms with Crippen molar-refractivity contribution in [2.75, 3.05) is 24.5 Å². The number of rotatable bonds is 2. The predicted molar refractivity (Wildman–Crippen MR) is 70.6 cm³/mol. The topological polar surface area (TPSA) is 41.1 Å². The molecule has 1 aromatic rings. The van der Waals surface area contributed by atoms with Crippen LogP contribution >= 0.6 is 12.4 Å². The van der Waals surface area contributed by atoms with Crippen LogP contribution in [0.15, 0.2) is 12.4 Å². The molecule has 2 saturated heterocycles. The standard InChI is InChI=1S/C12H18N4.ClH/c1-9-3-7-16(8-9)12-11(10-2-4-13-10)14-5-6-15-12;/h5-6,9-10,13H,2-4,7-8H2,1H3;1H. The fourth-order valence-electron chi connectivity index (χ4n) is 2.48. The van der Waals surface area contributed by atoms with Crippen molar-refractivity contribution in [3.8, 4) is 0 Å². The molecule has 0 aromatic carbocycles. The molecule has 0 radical (unpaired) electrons. The summed E-state index contributed by atoms with van der Waals surface area (Å²) >= 11 is 0. The van der Waals surface area contributed by atoms with Crippen LogP contribution in [0.2, 0.25) is 0 Å². The molecular formula is C12H19ClN4. The number of aromatic nitrogens is 2. The number of hydrogen-bond acceptors (Lipinski definition) is 4. The van der Waals surface area contributed by atoms with E-state index < -0.39 is 0 Å². The molecule has 4 nitrogen and oxygen atoms in total. The van der Waals surface area contributed by atoms with Crippen LogP contribution in [0.4, 0.5) is 5.82 Å². The molecular weight excluding hydrogens is 236 g/mol. The molecule has 3 rings (SSSR count). The number of nitrogens with zero attached hydrogens (tertiary/aromatic N) is 3. The van der Waals surface area contributed by atoms with Crippen LogP contribution in [0.3, 0.4) is 0 Å². The van der Waals surface area contributed by atoms with Crippen molar-refractivity contribution in [2.45, 2.75) is 25.8 Å². The summed E-state index contributed by atoms with van der Waals surface area (Å²) in [5.41, 5.74) is 1.14. The average molecular weight is 255 g/mol. The SMILES string of the molecule is CC1CCN(c2nccnc2C2CCN2)C1.Cl. The van der Waals surface area contributed by atoms with Gasteiger partial charge in [-0.25, -0.2) is 4.98 Å². The number of halogens is 1. The molecule has 3 heterocycles. The van der Waals surface area contributed by atoms with Crippen LogP contribution in [0.1, 0.15) is 31.5 Å². The highest BCUT2D eigenvalue weighted by Gasteiger charge is 2.28. The van der Waals surface area contributed by atoms with Gasteiger partial charge in [-0.15, -0.1) is 12.4 Å². The molecule has 0 spiro atoms. The Morgan fingerprint density at radius 3 is 2.65 bits per heavy atom. The van der Waals surface area contributed by atoms with E-state index in [4.69, 9.17) is 0 Å². The van der Waals surface area contributed by atoms with Gasteiger partial charge in [-0.3, -0.25) is 4.98 Å². The lowest BCUT2D eigenvalue weighted by molar-refractivity contribution is 0.374. The zero-order chi connectivity index (χ0) is 11.0. The molecule has 2 aliphatic heterocycles. The third-order valence-electron chi connectivity index (χ3n) is 3.58. The maximum atomic E-state index is 4.52. The molecule has 0 saturated carbocycles. The second kappa shape index (κ2) is 5.19. The first kappa shape index (κ1) is 12.6. The van der Waals surface area contributed by atoms with Gasteiger partial charge in [-0.05, 0) is 25.3 Å². The lowest BCUT2D eigenvalue weighted by Gasteiger charge is -2.30. The van der Waals surface area contributed by atoms with Gasteiger partial charge in [0, 0.05) is 25.5 Å². The van der Waals surface area contributed by atoms with Gasteiger partial charge in [0.15, 0.2) is 5.82 Å². The molecule has 5 heteroatoms. The molecule has 94 valence electrons. The van der Waals surface area contributed by atoms with Crippen molar-refractivity contribution in [3.63, 3.8) is 0 Å². The number of hydrogen-bond donors (Lipinski definition) is 1. The quantitative estimate of drug-likeness (QED) is 0.874. The fourth-order valence-corrected chi connectivity index (χ4v) is 2.48. The van der Waals surface area contributed by atoms with Gasteiger partial charge < -0.3 is 10.2 Å². The highest BCUT2D eigenvalue weighted by Crippen LogP contribution is 2.30. The second-order valence-corrected chi connectivity index (χ2v) is 4.90. The number of nitrogens with one attached hydrogen (secondary N) is 1. The van der Waals surface area contributed by atoms with Crippen LogP contribution < -0.4 is 10.2 Å². The van der Waals surface area contributed by atoms with E-state index in [2.05, 4.69) is 27.1 Å². The number of anilines is 1. The summed E-state index contributed by atoms with van der Waals surface area (Å²) in [4.78, 5) is 11.4. The predicted octanol–water partition coefficient (Wildman–Crippen LogP) is 1.78. The molecule has 0 bridgehead atoms. The van der Waals surface area contributed by atoms with Gasteiger partial charge >= 0.3 is 0 Å². The Balaban J connectivity index is 0.00000108. The molecule has 2 atom stereocenters. The molecule has 2 fully saturated rings. The summed E-state index contributed by atoms with van der Waals surface area (Å²) in [6, 6.07) is 0.430. The van der Waals surface area contributed by atoms with Crippen molar-refractivity contribution in [1.82, 2.24) is 15.3 Å². The first-order valence-electron chi connectivity index (χ1n) is 6.14. The minimum absolute atomic E-state index is 0. The van der Waals surface area contributed by atoms with E-state index in [1.54, 1.807) is 12.4 Å². The van der Waals surface area contributed by atoms with E-state index in [0.29, 0.717) is 6.04 Å². The van der Waals surface area contributed by atoms with Gasteiger partial charge in [0.2, 0.25) is 0 Å². The van der Waals surface area contributed by atoms with Gasteiger partial charge in [0.1, 0.15) is 0 Å². The Morgan fingerprint density at radius 2 is 2.06 bits per heavy atom. The van der Waals surface area contributed by atoms with Crippen molar-refractivity contribution in [2.24, 2.45) is 5.92 Å². The molecule has 2 aliphatic rings. The third-order valence-corrected chi connectivity index (χ3v) is 3.58. The lowest BCUT2D eigenvalue weighted by Crippen LogP contribution is -2.37. The van der Waals surface area contributed by atoms with Crippen LogP contribution in [0.25, 0.3) is 0 Å². The molecule has 0 amide bonds. The zero-order valence-corrected chi connectivity index (χ0v) is 10.9. The zero-order valence-electron chi connectivity index (χ0n) is 10.1. The van der Waals surface area contributed by atoms with Crippen LogP contribution in [-0.2, 0) is 0 Å². The van der Waals surface area contributed by atoms with Gasteiger partial charge in [-0.1, -0.05) is 6.92 Å². The molecule has 2 unspecified atom stereocenters. The first-order chi connectivity index (χ1) is 7.84. The van der Waals surface area contributed by atoms with Crippen LogP contribution in [-0.4, -0.2) is 29.6 Å². The van der Waals surface area contributed by atoms with E-state index >= 15 is 0 Å². The molecule has 1 N–H and O–H groups in total. The van der Waals surface area contributed by atoms with Crippen molar-refractivity contribution in [3.05, 3.63) is 18.1 Å². The second-order valence-electron chi connectivity index (χ2n) is 4.90. The summed E-state index contributed by atoms with van der Waals surface area (Å²) in [6.45, 7) is 5.66. The van der Waals surface area contributed by atoms with E-state index in [1.807, 2.05) is 0 Å².